The zero-order chi connectivity index (χ0) is 17.2. The number of fused-ring (bicyclic) bond motifs is 1. The molecule has 1 fully saturated rings. The van der Waals surface area contributed by atoms with Crippen molar-refractivity contribution in [2.24, 2.45) is 5.41 Å². The fourth-order valence-electron chi connectivity index (χ4n) is 3.85. The van der Waals surface area contributed by atoms with Gasteiger partial charge < -0.3 is 20.1 Å². The number of rotatable bonds is 4. The third kappa shape index (κ3) is 3.41. The molecule has 0 aromatic heterocycles. The Morgan fingerprint density at radius 1 is 1.46 bits per heavy atom. The lowest BCUT2D eigenvalue weighted by atomic mass is 9.89. The van der Waals surface area contributed by atoms with E-state index in [0.29, 0.717) is 19.7 Å². The zero-order valence-corrected chi connectivity index (χ0v) is 14.5. The summed E-state index contributed by atoms with van der Waals surface area (Å²) in [6, 6.07) is 8.22. The monoisotopic (exact) mass is 333 g/mol. The Morgan fingerprint density at radius 2 is 2.25 bits per heavy atom. The topological polar surface area (TPSA) is 65.0 Å². The van der Waals surface area contributed by atoms with E-state index in [9.17, 15) is 9.90 Å². The van der Waals surface area contributed by atoms with Gasteiger partial charge in [0.15, 0.2) is 0 Å². The van der Waals surface area contributed by atoms with Crippen LogP contribution in [0.5, 0.6) is 0 Å². The van der Waals surface area contributed by atoms with Crippen molar-refractivity contribution in [2.75, 3.05) is 47.0 Å². The molecule has 2 atom stereocenters. The standard InChI is InChI=1S/C18H27N3O3/c1-20-9-14-5-3-4-6-15(14)16(10-20)19-17(23)21-8-7-18(11-21,12-22)13-24-2/h3-6,16,22H,7-13H2,1-2H3,(H,19,23). The molecule has 1 aromatic rings. The largest absolute Gasteiger partial charge is 0.396 e. The molecule has 0 aliphatic carbocycles. The Balaban J connectivity index is 1.68. The number of nitrogens with zero attached hydrogens (tertiary/aromatic N) is 2. The zero-order valence-electron chi connectivity index (χ0n) is 14.5. The normalized spacial score (nSPS) is 27.1. The quantitative estimate of drug-likeness (QED) is 0.869. The maximum atomic E-state index is 12.7. The van der Waals surface area contributed by atoms with Gasteiger partial charge in [0.25, 0.3) is 0 Å². The minimum atomic E-state index is -0.326. The van der Waals surface area contributed by atoms with Crippen LogP contribution in [0.1, 0.15) is 23.6 Å². The molecule has 6 nitrogen and oxygen atoms in total. The molecule has 132 valence electrons. The number of aliphatic hydroxyl groups excluding tert-OH is 1. The molecule has 1 saturated heterocycles. The Morgan fingerprint density at radius 3 is 3.00 bits per heavy atom. The number of carbonyl (C=O) groups excluding carboxylic acids is 1. The second-order valence-electron chi connectivity index (χ2n) is 7.16. The van der Waals surface area contributed by atoms with E-state index in [1.165, 1.54) is 11.1 Å². The maximum absolute atomic E-state index is 12.7. The molecule has 2 unspecified atom stereocenters. The number of nitrogens with one attached hydrogen (secondary N) is 1. The molecule has 2 heterocycles. The number of aliphatic hydroxyl groups is 1. The van der Waals surface area contributed by atoms with E-state index in [-0.39, 0.29) is 24.1 Å². The van der Waals surface area contributed by atoms with E-state index in [1.807, 2.05) is 12.1 Å². The molecule has 1 aromatic carbocycles. The summed E-state index contributed by atoms with van der Waals surface area (Å²) in [7, 11) is 3.70. The predicted octanol–water partition coefficient (Wildman–Crippen LogP) is 1.21. The van der Waals surface area contributed by atoms with Crippen molar-refractivity contribution in [3.05, 3.63) is 35.4 Å². The summed E-state index contributed by atoms with van der Waals surface area (Å²) in [5.41, 5.74) is 2.14. The minimum absolute atomic E-state index is 0.000924. The van der Waals surface area contributed by atoms with Crippen LogP contribution in [0.3, 0.4) is 0 Å². The maximum Gasteiger partial charge on any atom is 0.317 e. The molecule has 0 radical (unpaired) electrons. The second kappa shape index (κ2) is 7.09. The summed E-state index contributed by atoms with van der Waals surface area (Å²) in [5.74, 6) is 0. The van der Waals surface area contributed by atoms with Crippen molar-refractivity contribution in [2.45, 2.75) is 19.0 Å². The number of hydrogen-bond donors (Lipinski definition) is 2. The van der Waals surface area contributed by atoms with Crippen LogP contribution >= 0.6 is 0 Å². The van der Waals surface area contributed by atoms with Gasteiger partial charge in [0, 0.05) is 38.7 Å². The third-order valence-electron chi connectivity index (χ3n) is 5.17. The molecular formula is C18H27N3O3. The lowest BCUT2D eigenvalue weighted by Gasteiger charge is -2.34. The predicted molar refractivity (Wildman–Crippen MR) is 91.6 cm³/mol. The highest BCUT2D eigenvalue weighted by Crippen LogP contribution is 2.31. The van der Waals surface area contributed by atoms with Crippen LogP contribution in [0.15, 0.2) is 24.3 Å². The average molecular weight is 333 g/mol. The molecule has 0 bridgehead atoms. The van der Waals surface area contributed by atoms with E-state index >= 15 is 0 Å². The number of hydrogen-bond acceptors (Lipinski definition) is 4. The van der Waals surface area contributed by atoms with Crippen molar-refractivity contribution in [1.29, 1.82) is 0 Å². The third-order valence-corrected chi connectivity index (χ3v) is 5.17. The molecule has 3 rings (SSSR count). The van der Waals surface area contributed by atoms with Gasteiger partial charge in [-0.2, -0.15) is 0 Å². The van der Waals surface area contributed by atoms with Crippen molar-refractivity contribution < 1.29 is 14.6 Å². The lowest BCUT2D eigenvalue weighted by Crippen LogP contribution is -2.46. The molecular weight excluding hydrogens is 306 g/mol. The fourth-order valence-corrected chi connectivity index (χ4v) is 3.85. The summed E-state index contributed by atoms with van der Waals surface area (Å²) >= 11 is 0. The molecule has 2 N–H and O–H groups in total. The number of likely N-dealkylation sites (tertiary alicyclic amines) is 1. The van der Waals surface area contributed by atoms with Gasteiger partial charge in [0.2, 0.25) is 0 Å². The lowest BCUT2D eigenvalue weighted by molar-refractivity contribution is 0.0378. The number of methoxy groups -OCH3 is 1. The van der Waals surface area contributed by atoms with Crippen molar-refractivity contribution in [3.63, 3.8) is 0 Å². The Labute approximate surface area is 143 Å². The van der Waals surface area contributed by atoms with E-state index in [4.69, 9.17) is 4.74 Å². The smallest absolute Gasteiger partial charge is 0.317 e. The van der Waals surface area contributed by atoms with Crippen LogP contribution in [0, 0.1) is 5.41 Å². The molecule has 2 aliphatic heterocycles. The van der Waals surface area contributed by atoms with Crippen LogP contribution < -0.4 is 5.32 Å². The molecule has 0 spiro atoms. The first kappa shape index (κ1) is 17.2. The molecule has 24 heavy (non-hydrogen) atoms. The first-order valence-electron chi connectivity index (χ1n) is 8.48. The van der Waals surface area contributed by atoms with Gasteiger partial charge >= 0.3 is 6.03 Å². The number of urea groups is 1. The summed E-state index contributed by atoms with van der Waals surface area (Å²) in [5, 5.41) is 12.9. The molecule has 2 aliphatic rings. The number of likely N-dealkylation sites (N-methyl/N-ethyl adjacent to an activating group) is 1. The first-order chi connectivity index (χ1) is 11.6. The van der Waals surface area contributed by atoms with Crippen LogP contribution in [-0.4, -0.2) is 67.9 Å². The fraction of sp³-hybridized carbons (Fsp3) is 0.611. The van der Waals surface area contributed by atoms with E-state index in [1.54, 1.807) is 12.0 Å². The van der Waals surface area contributed by atoms with Gasteiger partial charge in [-0.3, -0.25) is 4.90 Å². The SMILES string of the molecule is COCC1(CO)CCN(C(=O)NC2CN(C)Cc3ccccc32)C1. The van der Waals surface area contributed by atoms with Gasteiger partial charge in [-0.1, -0.05) is 24.3 Å². The van der Waals surface area contributed by atoms with Gasteiger partial charge in [-0.25, -0.2) is 4.79 Å². The van der Waals surface area contributed by atoms with E-state index in [2.05, 4.69) is 29.4 Å². The van der Waals surface area contributed by atoms with Crippen LogP contribution in [0.4, 0.5) is 4.79 Å². The molecule has 2 amide bonds. The van der Waals surface area contributed by atoms with Crippen LogP contribution in [0.2, 0.25) is 0 Å². The van der Waals surface area contributed by atoms with Crippen molar-refractivity contribution in [3.8, 4) is 0 Å². The highest BCUT2D eigenvalue weighted by atomic mass is 16.5. The Hall–Kier alpha value is -1.63. The molecule has 6 heteroatoms. The Bertz CT molecular complexity index is 595. The van der Waals surface area contributed by atoms with Crippen molar-refractivity contribution in [1.82, 2.24) is 15.1 Å². The number of ether oxygens (including phenoxy) is 1. The minimum Gasteiger partial charge on any atom is -0.396 e. The van der Waals surface area contributed by atoms with Crippen LogP contribution in [-0.2, 0) is 11.3 Å². The van der Waals surface area contributed by atoms with Gasteiger partial charge in [-0.05, 0) is 24.6 Å². The van der Waals surface area contributed by atoms with Crippen molar-refractivity contribution >= 4 is 6.03 Å². The highest BCUT2D eigenvalue weighted by molar-refractivity contribution is 5.75. The van der Waals surface area contributed by atoms with Gasteiger partial charge in [0.05, 0.1) is 19.3 Å². The Kier molecular flexibility index (Phi) is 5.08. The summed E-state index contributed by atoms with van der Waals surface area (Å²) in [4.78, 5) is 16.7. The second-order valence-corrected chi connectivity index (χ2v) is 7.16. The highest BCUT2D eigenvalue weighted by Gasteiger charge is 2.40. The number of benzene rings is 1. The number of amides is 2. The van der Waals surface area contributed by atoms with Gasteiger partial charge in [0.1, 0.15) is 0 Å². The first-order valence-corrected chi connectivity index (χ1v) is 8.48. The van der Waals surface area contributed by atoms with E-state index < -0.39 is 0 Å². The van der Waals surface area contributed by atoms with Crippen LogP contribution in [0.25, 0.3) is 0 Å². The molecule has 0 saturated carbocycles. The summed E-state index contributed by atoms with van der Waals surface area (Å²) in [6.45, 7) is 3.42. The number of carbonyl (C=O) groups is 1. The average Bonchev–Trinajstić information content (AvgIpc) is 3.00. The van der Waals surface area contributed by atoms with E-state index in [0.717, 1.165) is 19.5 Å². The van der Waals surface area contributed by atoms with Gasteiger partial charge in [-0.15, -0.1) is 0 Å². The summed E-state index contributed by atoms with van der Waals surface area (Å²) in [6.07, 6.45) is 0.770. The summed E-state index contributed by atoms with van der Waals surface area (Å²) < 4.78 is 5.23.